The normalized spacial score (nSPS) is 44.0. The van der Waals surface area contributed by atoms with Gasteiger partial charge >= 0.3 is 0 Å². The third kappa shape index (κ3) is 3.25. The fourth-order valence-electron chi connectivity index (χ4n) is 5.32. The highest BCUT2D eigenvalue weighted by atomic mass is 32.2. The molecule has 2 aliphatic carbocycles. The van der Waals surface area contributed by atoms with Crippen molar-refractivity contribution in [2.75, 3.05) is 12.8 Å². The van der Waals surface area contributed by atoms with Gasteiger partial charge in [-0.15, -0.1) is 0 Å². The first-order valence-electron chi connectivity index (χ1n) is 7.79. The van der Waals surface area contributed by atoms with Crippen LogP contribution in [0.15, 0.2) is 0 Å². The molecule has 2 fully saturated rings. The zero-order chi connectivity index (χ0) is 13.2. The summed E-state index contributed by atoms with van der Waals surface area (Å²) in [4.78, 5) is 0. The molecule has 0 aliphatic heterocycles. The molecule has 0 amide bonds. The van der Waals surface area contributed by atoms with E-state index in [0.29, 0.717) is 10.8 Å². The smallest absolute Gasteiger partial charge is 0.0133 e. The maximum Gasteiger partial charge on any atom is 0.0133 e. The third-order valence-electron chi connectivity index (χ3n) is 5.17. The van der Waals surface area contributed by atoms with E-state index in [2.05, 4.69) is 32.5 Å². The summed E-state index contributed by atoms with van der Waals surface area (Å²) < 4.78 is 3.28. The second kappa shape index (κ2) is 5.75. The molecule has 2 rings (SSSR count). The van der Waals surface area contributed by atoms with Gasteiger partial charge in [0.2, 0.25) is 0 Å². The fourth-order valence-corrected chi connectivity index (χ4v) is 6.04. The molecule has 4 atom stereocenters. The van der Waals surface area contributed by atoms with Gasteiger partial charge in [-0.05, 0) is 68.2 Å². The second-order valence-electron chi connectivity index (χ2n) is 7.55. The molecule has 0 heterocycles. The van der Waals surface area contributed by atoms with Crippen molar-refractivity contribution in [1.29, 1.82) is 0 Å². The average Bonchev–Trinajstić information content (AvgIpc) is 2.24. The first kappa shape index (κ1) is 14.7. The molecule has 0 aromatic rings. The summed E-state index contributed by atoms with van der Waals surface area (Å²) in [5.74, 6) is 3.27. The highest BCUT2D eigenvalue weighted by molar-refractivity contribution is 7.97. The Balaban J connectivity index is 2.11. The summed E-state index contributed by atoms with van der Waals surface area (Å²) in [6, 6.07) is 0. The summed E-state index contributed by atoms with van der Waals surface area (Å²) >= 11 is 1.92. The van der Waals surface area contributed by atoms with Crippen LogP contribution >= 0.6 is 11.9 Å². The van der Waals surface area contributed by atoms with Crippen molar-refractivity contribution in [3.8, 4) is 0 Å². The Kier molecular flexibility index (Phi) is 4.70. The summed E-state index contributed by atoms with van der Waals surface area (Å²) in [6.07, 6.45) is 10.3. The zero-order valence-electron chi connectivity index (χ0n) is 12.7. The van der Waals surface area contributed by atoms with Crippen LogP contribution in [0.3, 0.4) is 0 Å². The SMILES string of the molecule is CCCC12CC(C)CC(CC(C)(CSNC)C1)C2. The van der Waals surface area contributed by atoms with E-state index in [-0.39, 0.29) is 0 Å². The van der Waals surface area contributed by atoms with Crippen molar-refractivity contribution < 1.29 is 0 Å². The molecule has 106 valence electrons. The predicted molar refractivity (Wildman–Crippen MR) is 82.7 cm³/mol. The van der Waals surface area contributed by atoms with Crippen LogP contribution in [-0.2, 0) is 0 Å². The largest absolute Gasteiger partial charge is 0.267 e. The molecule has 1 nitrogen and oxygen atoms in total. The van der Waals surface area contributed by atoms with Crippen LogP contribution in [0, 0.1) is 22.7 Å². The van der Waals surface area contributed by atoms with E-state index in [4.69, 9.17) is 0 Å². The first-order valence-corrected chi connectivity index (χ1v) is 8.78. The van der Waals surface area contributed by atoms with E-state index in [1.807, 2.05) is 11.9 Å². The lowest BCUT2D eigenvalue weighted by atomic mass is 9.51. The van der Waals surface area contributed by atoms with Crippen LogP contribution in [-0.4, -0.2) is 12.8 Å². The topological polar surface area (TPSA) is 12.0 Å². The van der Waals surface area contributed by atoms with Gasteiger partial charge < -0.3 is 0 Å². The minimum Gasteiger partial charge on any atom is -0.267 e. The van der Waals surface area contributed by atoms with Crippen LogP contribution in [0.1, 0.15) is 65.7 Å². The highest BCUT2D eigenvalue weighted by Gasteiger charge is 2.48. The molecule has 0 spiro atoms. The molecule has 0 saturated heterocycles. The molecule has 2 heteroatoms. The van der Waals surface area contributed by atoms with Gasteiger partial charge in [0.15, 0.2) is 0 Å². The van der Waals surface area contributed by atoms with Gasteiger partial charge in [-0.3, -0.25) is 4.72 Å². The maximum absolute atomic E-state index is 3.28. The van der Waals surface area contributed by atoms with Gasteiger partial charge in [-0.2, -0.15) is 0 Å². The molecular formula is C16H31NS. The van der Waals surface area contributed by atoms with Gasteiger partial charge in [0.1, 0.15) is 0 Å². The Labute approximate surface area is 118 Å². The van der Waals surface area contributed by atoms with E-state index in [1.54, 1.807) is 0 Å². The zero-order valence-corrected chi connectivity index (χ0v) is 13.5. The minimum absolute atomic E-state index is 0.575. The number of nitrogens with one attached hydrogen (secondary N) is 1. The van der Waals surface area contributed by atoms with E-state index in [0.717, 1.165) is 11.8 Å². The van der Waals surface area contributed by atoms with E-state index >= 15 is 0 Å². The second-order valence-corrected chi connectivity index (χ2v) is 8.54. The van der Waals surface area contributed by atoms with Crippen LogP contribution in [0.4, 0.5) is 0 Å². The van der Waals surface area contributed by atoms with Crippen molar-refractivity contribution >= 4 is 11.9 Å². The number of hydrogen-bond acceptors (Lipinski definition) is 2. The standard InChI is InChI=1S/C16H31NS/c1-5-6-16-8-13(2)7-14(10-16)9-15(3,11-16)12-18-17-4/h13-14,17H,5-12H2,1-4H3. The van der Waals surface area contributed by atoms with Gasteiger partial charge in [0.25, 0.3) is 0 Å². The maximum atomic E-state index is 3.28. The van der Waals surface area contributed by atoms with Crippen molar-refractivity contribution in [1.82, 2.24) is 4.72 Å². The molecule has 2 saturated carbocycles. The van der Waals surface area contributed by atoms with Crippen LogP contribution in [0.25, 0.3) is 0 Å². The van der Waals surface area contributed by atoms with E-state index < -0.39 is 0 Å². The van der Waals surface area contributed by atoms with Crippen molar-refractivity contribution in [2.24, 2.45) is 22.7 Å². The van der Waals surface area contributed by atoms with E-state index in [9.17, 15) is 0 Å². The Bertz CT molecular complexity index is 276. The fraction of sp³-hybridized carbons (Fsp3) is 1.00. The molecule has 2 aliphatic rings. The summed E-state index contributed by atoms with van der Waals surface area (Å²) in [5.41, 5.74) is 1.27. The summed E-state index contributed by atoms with van der Waals surface area (Å²) in [7, 11) is 2.06. The lowest BCUT2D eigenvalue weighted by molar-refractivity contribution is -0.0249. The predicted octanol–water partition coefficient (Wildman–Crippen LogP) is 4.88. The minimum atomic E-state index is 0.575. The molecule has 18 heavy (non-hydrogen) atoms. The van der Waals surface area contributed by atoms with Gasteiger partial charge in [0.05, 0.1) is 0 Å². The number of rotatable bonds is 5. The van der Waals surface area contributed by atoms with Crippen LogP contribution in [0.2, 0.25) is 0 Å². The van der Waals surface area contributed by atoms with Crippen molar-refractivity contribution in [2.45, 2.75) is 65.7 Å². The number of fused-ring (bicyclic) bond motifs is 2. The average molecular weight is 269 g/mol. The Hall–Kier alpha value is 0.310. The monoisotopic (exact) mass is 269 g/mol. The lowest BCUT2D eigenvalue weighted by Gasteiger charge is -2.55. The van der Waals surface area contributed by atoms with Crippen molar-refractivity contribution in [3.63, 3.8) is 0 Å². The molecule has 0 aromatic carbocycles. The number of hydrogen-bond donors (Lipinski definition) is 1. The van der Waals surface area contributed by atoms with E-state index in [1.165, 1.54) is 50.7 Å². The Morgan fingerprint density at radius 1 is 1.28 bits per heavy atom. The molecule has 0 aromatic heterocycles. The Morgan fingerprint density at radius 2 is 2.06 bits per heavy atom. The third-order valence-corrected chi connectivity index (χ3v) is 6.30. The lowest BCUT2D eigenvalue weighted by Crippen LogP contribution is -2.45. The summed E-state index contributed by atoms with van der Waals surface area (Å²) in [5, 5.41) is 0. The molecule has 4 unspecified atom stereocenters. The molecular weight excluding hydrogens is 238 g/mol. The molecule has 2 bridgehead atoms. The van der Waals surface area contributed by atoms with Gasteiger partial charge in [0, 0.05) is 5.75 Å². The molecule has 0 radical (unpaired) electrons. The quantitative estimate of drug-likeness (QED) is 0.714. The molecule has 1 N–H and O–H groups in total. The van der Waals surface area contributed by atoms with Crippen molar-refractivity contribution in [3.05, 3.63) is 0 Å². The first-order chi connectivity index (χ1) is 8.51. The highest BCUT2D eigenvalue weighted by Crippen LogP contribution is 2.59. The van der Waals surface area contributed by atoms with Crippen LogP contribution in [0.5, 0.6) is 0 Å². The van der Waals surface area contributed by atoms with Gasteiger partial charge in [-0.25, -0.2) is 0 Å². The van der Waals surface area contributed by atoms with Gasteiger partial charge in [-0.1, -0.05) is 39.1 Å². The summed E-state index contributed by atoms with van der Waals surface area (Å²) in [6.45, 7) is 7.41. The van der Waals surface area contributed by atoms with Crippen LogP contribution < -0.4 is 4.72 Å². The Morgan fingerprint density at radius 3 is 2.72 bits per heavy atom.